The predicted molar refractivity (Wildman–Crippen MR) is 70.9 cm³/mol. The summed E-state index contributed by atoms with van der Waals surface area (Å²) in [5, 5.41) is 3.18. The molecular weight excluding hydrogens is 252 g/mol. The van der Waals surface area contributed by atoms with Gasteiger partial charge in [-0.05, 0) is 50.7 Å². The third kappa shape index (κ3) is 2.70. The van der Waals surface area contributed by atoms with E-state index in [1.165, 1.54) is 12.8 Å². The monoisotopic (exact) mass is 270 g/mol. The molecule has 0 bridgehead atoms. The third-order valence-electron chi connectivity index (χ3n) is 3.86. The molecule has 1 amide bonds. The molecule has 4 nitrogen and oxygen atoms in total. The molecule has 1 aliphatic rings. The van der Waals surface area contributed by atoms with E-state index in [0.29, 0.717) is 6.54 Å². The zero-order valence-corrected chi connectivity index (χ0v) is 11.6. The van der Waals surface area contributed by atoms with E-state index in [2.05, 4.69) is 24.3 Å². The van der Waals surface area contributed by atoms with E-state index in [9.17, 15) is 4.79 Å². The Morgan fingerprint density at radius 2 is 2.11 bits per heavy atom. The Morgan fingerprint density at radius 1 is 1.44 bits per heavy atom. The number of nitrogens with one attached hydrogen (secondary N) is 1. The van der Waals surface area contributed by atoms with Gasteiger partial charge in [0, 0.05) is 12.1 Å². The predicted octanol–water partition coefficient (Wildman–Crippen LogP) is 2.54. The maximum Gasteiger partial charge on any atom is 0.287 e. The minimum absolute atomic E-state index is 0.0893. The molecule has 0 unspecified atom stereocenters. The van der Waals surface area contributed by atoms with Gasteiger partial charge in [0.2, 0.25) is 0 Å². The molecule has 2 rings (SSSR count). The van der Waals surface area contributed by atoms with Crippen LogP contribution in [-0.4, -0.2) is 37.0 Å². The zero-order chi connectivity index (χ0) is 13.2. The number of carbonyl (C=O) groups excluding carboxylic acids is 1. The first kappa shape index (κ1) is 13.4. The summed E-state index contributed by atoms with van der Waals surface area (Å²) in [7, 11) is 4.14. The second kappa shape index (κ2) is 5.33. The molecule has 1 aromatic rings. The minimum Gasteiger partial charge on any atom is -0.440 e. The van der Waals surface area contributed by atoms with Crippen LogP contribution in [0.3, 0.4) is 0 Å². The van der Waals surface area contributed by atoms with Gasteiger partial charge in [-0.2, -0.15) is 0 Å². The van der Waals surface area contributed by atoms with Crippen LogP contribution in [0.5, 0.6) is 0 Å². The molecule has 0 atom stereocenters. The molecule has 100 valence electrons. The van der Waals surface area contributed by atoms with Crippen LogP contribution in [-0.2, 0) is 0 Å². The van der Waals surface area contributed by atoms with Gasteiger partial charge in [0.05, 0.1) is 0 Å². The fourth-order valence-corrected chi connectivity index (χ4v) is 2.73. The average molecular weight is 271 g/mol. The Kier molecular flexibility index (Phi) is 3.97. The van der Waals surface area contributed by atoms with Gasteiger partial charge in [-0.1, -0.05) is 12.8 Å². The van der Waals surface area contributed by atoms with Gasteiger partial charge in [0.1, 0.15) is 0 Å². The first-order valence-corrected chi connectivity index (χ1v) is 6.62. The van der Waals surface area contributed by atoms with E-state index < -0.39 is 0 Å². The van der Waals surface area contributed by atoms with Crippen molar-refractivity contribution in [3.63, 3.8) is 0 Å². The molecule has 1 saturated carbocycles. The fraction of sp³-hybridized carbons (Fsp3) is 0.615. The molecular formula is C13H19ClN2O2. The van der Waals surface area contributed by atoms with Crippen LogP contribution < -0.4 is 5.32 Å². The van der Waals surface area contributed by atoms with Gasteiger partial charge in [-0.15, -0.1) is 0 Å². The second-order valence-electron chi connectivity index (χ2n) is 5.11. The van der Waals surface area contributed by atoms with Gasteiger partial charge < -0.3 is 14.6 Å². The van der Waals surface area contributed by atoms with Crippen LogP contribution >= 0.6 is 11.6 Å². The Balaban J connectivity index is 1.96. The quantitative estimate of drug-likeness (QED) is 0.915. The van der Waals surface area contributed by atoms with Gasteiger partial charge in [0.25, 0.3) is 5.91 Å². The Morgan fingerprint density at radius 3 is 2.61 bits per heavy atom. The lowest BCUT2D eigenvalue weighted by molar-refractivity contribution is 0.0873. The fourth-order valence-electron chi connectivity index (χ4n) is 2.58. The molecule has 1 heterocycles. The highest BCUT2D eigenvalue weighted by molar-refractivity contribution is 6.29. The van der Waals surface area contributed by atoms with Crippen molar-refractivity contribution >= 4 is 17.5 Å². The lowest BCUT2D eigenvalue weighted by Gasteiger charge is -2.36. The zero-order valence-electron chi connectivity index (χ0n) is 10.8. The van der Waals surface area contributed by atoms with Crippen molar-refractivity contribution in [2.24, 2.45) is 0 Å². The third-order valence-corrected chi connectivity index (χ3v) is 4.06. The van der Waals surface area contributed by atoms with Crippen molar-refractivity contribution in [3.8, 4) is 0 Å². The number of hydrogen-bond acceptors (Lipinski definition) is 3. The smallest absolute Gasteiger partial charge is 0.287 e. The number of hydrogen-bond donors (Lipinski definition) is 1. The van der Waals surface area contributed by atoms with Crippen LogP contribution in [0.25, 0.3) is 0 Å². The Labute approximate surface area is 112 Å². The highest BCUT2D eigenvalue weighted by Gasteiger charge is 2.36. The summed E-state index contributed by atoms with van der Waals surface area (Å²) in [6, 6.07) is 3.17. The number of furan rings is 1. The van der Waals surface area contributed by atoms with Crippen molar-refractivity contribution in [3.05, 3.63) is 23.1 Å². The van der Waals surface area contributed by atoms with Crippen LogP contribution in [0.15, 0.2) is 16.5 Å². The van der Waals surface area contributed by atoms with E-state index in [1.807, 2.05) is 0 Å². The molecule has 0 saturated heterocycles. The lowest BCUT2D eigenvalue weighted by atomic mass is 9.96. The largest absolute Gasteiger partial charge is 0.440 e. The van der Waals surface area contributed by atoms with Crippen molar-refractivity contribution in [1.29, 1.82) is 0 Å². The van der Waals surface area contributed by atoms with E-state index in [1.54, 1.807) is 12.1 Å². The normalized spacial score (nSPS) is 18.2. The first-order valence-electron chi connectivity index (χ1n) is 6.24. The molecule has 0 aromatic carbocycles. The first-order chi connectivity index (χ1) is 8.53. The van der Waals surface area contributed by atoms with Crippen molar-refractivity contribution in [2.45, 2.75) is 31.2 Å². The number of rotatable bonds is 4. The summed E-state index contributed by atoms with van der Waals surface area (Å²) in [5.74, 6) is 0.0712. The summed E-state index contributed by atoms with van der Waals surface area (Å²) in [5.41, 5.74) is 0.0893. The number of likely N-dealkylation sites (N-methyl/N-ethyl adjacent to an activating group) is 1. The molecule has 0 radical (unpaired) electrons. The van der Waals surface area contributed by atoms with Crippen LogP contribution in [0.2, 0.25) is 5.22 Å². The van der Waals surface area contributed by atoms with Crippen molar-refractivity contribution < 1.29 is 9.21 Å². The summed E-state index contributed by atoms with van der Waals surface area (Å²) in [6.07, 6.45) is 4.69. The standard InChI is InChI=1S/C13H19ClN2O2/c1-16(2)13(7-3-4-8-13)9-15-12(17)10-5-6-11(14)18-10/h5-6H,3-4,7-9H2,1-2H3,(H,15,17). The number of halogens is 1. The number of amides is 1. The van der Waals surface area contributed by atoms with E-state index >= 15 is 0 Å². The van der Waals surface area contributed by atoms with E-state index in [-0.39, 0.29) is 22.4 Å². The summed E-state index contributed by atoms with van der Waals surface area (Å²) in [4.78, 5) is 14.1. The highest BCUT2D eigenvalue weighted by Crippen LogP contribution is 2.33. The molecule has 1 aliphatic carbocycles. The highest BCUT2D eigenvalue weighted by atomic mass is 35.5. The molecule has 5 heteroatoms. The second-order valence-corrected chi connectivity index (χ2v) is 5.48. The van der Waals surface area contributed by atoms with Crippen LogP contribution in [0.4, 0.5) is 0 Å². The summed E-state index contributed by atoms with van der Waals surface area (Å²) >= 11 is 5.65. The number of nitrogens with zero attached hydrogens (tertiary/aromatic N) is 1. The van der Waals surface area contributed by atoms with E-state index in [0.717, 1.165) is 12.8 Å². The molecule has 1 fully saturated rings. The van der Waals surface area contributed by atoms with Crippen LogP contribution in [0.1, 0.15) is 36.2 Å². The molecule has 0 spiro atoms. The molecule has 1 aromatic heterocycles. The van der Waals surface area contributed by atoms with Gasteiger partial charge in [-0.3, -0.25) is 4.79 Å². The van der Waals surface area contributed by atoms with Gasteiger partial charge in [0.15, 0.2) is 11.0 Å². The van der Waals surface area contributed by atoms with Gasteiger partial charge in [-0.25, -0.2) is 0 Å². The van der Waals surface area contributed by atoms with Crippen molar-refractivity contribution in [2.75, 3.05) is 20.6 Å². The van der Waals surface area contributed by atoms with Crippen LogP contribution in [0, 0.1) is 0 Å². The summed E-state index contributed by atoms with van der Waals surface area (Å²) < 4.78 is 5.09. The van der Waals surface area contributed by atoms with Gasteiger partial charge >= 0.3 is 0 Å². The number of carbonyl (C=O) groups is 1. The minimum atomic E-state index is -0.199. The molecule has 18 heavy (non-hydrogen) atoms. The molecule has 1 N–H and O–H groups in total. The Hall–Kier alpha value is -1.00. The van der Waals surface area contributed by atoms with E-state index in [4.69, 9.17) is 16.0 Å². The maximum atomic E-state index is 11.9. The Bertz CT molecular complexity index is 422. The lowest BCUT2D eigenvalue weighted by Crippen LogP contribution is -2.50. The topological polar surface area (TPSA) is 45.5 Å². The average Bonchev–Trinajstić information content (AvgIpc) is 2.95. The maximum absolute atomic E-state index is 11.9. The van der Waals surface area contributed by atoms with Crippen molar-refractivity contribution in [1.82, 2.24) is 10.2 Å². The SMILES string of the molecule is CN(C)C1(CNC(=O)c2ccc(Cl)o2)CCCC1. The molecule has 0 aliphatic heterocycles. The summed E-state index contributed by atoms with van der Waals surface area (Å²) in [6.45, 7) is 0.650.